The molecule has 3 nitrogen and oxygen atoms in total. The lowest BCUT2D eigenvalue weighted by molar-refractivity contribution is 0.0596. The van der Waals surface area contributed by atoms with Crippen molar-refractivity contribution in [2.45, 2.75) is 100 Å². The number of aliphatic hydroxyl groups excluding tert-OH is 1. The molecule has 32 heavy (non-hydrogen) atoms. The minimum atomic E-state index is -0.109. The van der Waals surface area contributed by atoms with Crippen molar-refractivity contribution in [3.05, 3.63) is 59.2 Å². The quantitative estimate of drug-likeness (QED) is 0.415. The summed E-state index contributed by atoms with van der Waals surface area (Å²) in [5.41, 5.74) is 4.18. The van der Waals surface area contributed by atoms with Gasteiger partial charge in [0, 0.05) is 12.1 Å². The van der Waals surface area contributed by atoms with Gasteiger partial charge in [0.1, 0.15) is 5.75 Å². The van der Waals surface area contributed by atoms with Crippen molar-refractivity contribution in [2.24, 2.45) is 0 Å². The van der Waals surface area contributed by atoms with Crippen molar-refractivity contribution in [3.8, 4) is 5.75 Å². The minimum Gasteiger partial charge on any atom is -0.475 e. The van der Waals surface area contributed by atoms with Gasteiger partial charge in [-0.3, -0.25) is 4.90 Å². The highest BCUT2D eigenvalue weighted by molar-refractivity contribution is 8.00. The van der Waals surface area contributed by atoms with Crippen LogP contribution >= 0.6 is 11.8 Å². The Morgan fingerprint density at radius 2 is 1.72 bits per heavy atom. The van der Waals surface area contributed by atoms with Crippen LogP contribution in [0, 0.1) is 0 Å². The maximum atomic E-state index is 10.2. The standard InChI is InChI=1S/C28H39NO2S/c1-4-7-8-21-9-11-22(12-10-21)13-15-24-16-17-25(29(24)20-30)23-14-18-26-27(19-23)32-28(5-2,6-3)31-26/h9-12,14,18-19,24-25,30H,4-8,13,15-17,20H2,1-3H3. The largest absolute Gasteiger partial charge is 0.475 e. The van der Waals surface area contributed by atoms with Gasteiger partial charge in [-0.15, -0.1) is 0 Å². The molecule has 0 aromatic heterocycles. The highest BCUT2D eigenvalue weighted by Gasteiger charge is 2.39. The third kappa shape index (κ3) is 5.03. The molecular formula is C28H39NO2S. The molecule has 0 bridgehead atoms. The second kappa shape index (κ2) is 10.6. The van der Waals surface area contributed by atoms with E-state index in [2.05, 4.69) is 68.1 Å². The van der Waals surface area contributed by atoms with Gasteiger partial charge in [0.15, 0.2) is 4.93 Å². The lowest BCUT2D eigenvalue weighted by atomic mass is 10.0. The van der Waals surface area contributed by atoms with Crippen LogP contribution in [0.5, 0.6) is 5.75 Å². The summed E-state index contributed by atoms with van der Waals surface area (Å²) in [5, 5.41) is 10.2. The number of rotatable bonds is 10. The molecule has 2 aliphatic rings. The van der Waals surface area contributed by atoms with Crippen LogP contribution in [0.4, 0.5) is 0 Å². The van der Waals surface area contributed by atoms with E-state index in [4.69, 9.17) is 4.74 Å². The van der Waals surface area contributed by atoms with E-state index in [1.165, 1.54) is 40.8 Å². The summed E-state index contributed by atoms with van der Waals surface area (Å²) in [6.07, 6.45) is 10.1. The fraction of sp³-hybridized carbons (Fsp3) is 0.571. The van der Waals surface area contributed by atoms with Crippen LogP contribution in [0.2, 0.25) is 0 Å². The number of benzene rings is 2. The van der Waals surface area contributed by atoms with Gasteiger partial charge in [0.25, 0.3) is 0 Å². The number of nitrogens with zero attached hydrogens (tertiary/aromatic N) is 1. The predicted molar refractivity (Wildman–Crippen MR) is 134 cm³/mol. The second-order valence-electron chi connectivity index (χ2n) is 9.39. The van der Waals surface area contributed by atoms with E-state index in [-0.39, 0.29) is 11.7 Å². The monoisotopic (exact) mass is 453 g/mol. The van der Waals surface area contributed by atoms with E-state index >= 15 is 0 Å². The molecule has 1 fully saturated rings. The molecule has 174 valence electrons. The summed E-state index contributed by atoms with van der Waals surface area (Å²) in [6.45, 7) is 6.78. The highest BCUT2D eigenvalue weighted by Crippen LogP contribution is 2.52. The Labute approximate surface area is 198 Å². The number of unbranched alkanes of at least 4 members (excludes halogenated alkanes) is 1. The normalized spacial score (nSPS) is 22.1. The fourth-order valence-electron chi connectivity index (χ4n) is 5.26. The maximum absolute atomic E-state index is 10.2. The molecule has 2 aromatic carbocycles. The summed E-state index contributed by atoms with van der Waals surface area (Å²) in [4.78, 5) is 3.46. The van der Waals surface area contributed by atoms with Crippen molar-refractivity contribution in [1.29, 1.82) is 0 Å². The number of hydrogen-bond donors (Lipinski definition) is 1. The zero-order valence-corrected chi connectivity index (χ0v) is 20.8. The summed E-state index contributed by atoms with van der Waals surface area (Å²) in [7, 11) is 0. The van der Waals surface area contributed by atoms with E-state index in [1.54, 1.807) is 0 Å². The molecule has 2 unspecified atom stereocenters. The molecule has 1 N–H and O–H groups in total. The lowest BCUT2D eigenvalue weighted by Gasteiger charge is -2.28. The lowest BCUT2D eigenvalue weighted by Crippen LogP contribution is -2.32. The summed E-state index contributed by atoms with van der Waals surface area (Å²) < 4.78 is 6.30. The topological polar surface area (TPSA) is 32.7 Å². The van der Waals surface area contributed by atoms with Crippen molar-refractivity contribution < 1.29 is 9.84 Å². The van der Waals surface area contributed by atoms with Gasteiger partial charge < -0.3 is 9.84 Å². The van der Waals surface area contributed by atoms with Gasteiger partial charge in [-0.1, -0.05) is 69.3 Å². The smallest absolute Gasteiger partial charge is 0.158 e. The van der Waals surface area contributed by atoms with Crippen LogP contribution in [0.25, 0.3) is 0 Å². The van der Waals surface area contributed by atoms with Crippen molar-refractivity contribution in [1.82, 2.24) is 4.90 Å². The Kier molecular flexibility index (Phi) is 7.86. The minimum absolute atomic E-state index is 0.109. The van der Waals surface area contributed by atoms with E-state index in [0.717, 1.165) is 44.3 Å². The molecule has 2 aromatic rings. The van der Waals surface area contributed by atoms with Gasteiger partial charge >= 0.3 is 0 Å². The average molecular weight is 454 g/mol. The average Bonchev–Trinajstić information content (AvgIpc) is 3.42. The molecule has 0 amide bonds. The van der Waals surface area contributed by atoms with Crippen LogP contribution in [-0.2, 0) is 12.8 Å². The summed E-state index contributed by atoms with van der Waals surface area (Å²) >= 11 is 1.88. The van der Waals surface area contributed by atoms with Gasteiger partial charge in [-0.2, -0.15) is 0 Å². The molecule has 0 spiro atoms. The van der Waals surface area contributed by atoms with Crippen LogP contribution < -0.4 is 4.74 Å². The Bertz CT molecular complexity index is 878. The van der Waals surface area contributed by atoms with E-state index in [0.29, 0.717) is 12.1 Å². The van der Waals surface area contributed by atoms with Crippen molar-refractivity contribution in [2.75, 3.05) is 6.73 Å². The van der Waals surface area contributed by atoms with E-state index in [9.17, 15) is 5.11 Å². The Morgan fingerprint density at radius 1 is 1.00 bits per heavy atom. The number of likely N-dealkylation sites (tertiary alicyclic amines) is 1. The van der Waals surface area contributed by atoms with E-state index < -0.39 is 0 Å². The molecule has 0 radical (unpaired) electrons. The van der Waals surface area contributed by atoms with Gasteiger partial charge in [-0.05, 0) is 80.2 Å². The number of ether oxygens (including phenoxy) is 1. The Morgan fingerprint density at radius 3 is 2.38 bits per heavy atom. The fourth-order valence-corrected chi connectivity index (χ4v) is 6.49. The zero-order chi connectivity index (χ0) is 22.6. The summed E-state index contributed by atoms with van der Waals surface area (Å²) in [5.74, 6) is 1.02. The number of aryl methyl sites for hydroxylation is 2. The molecule has 0 aliphatic carbocycles. The second-order valence-corrected chi connectivity index (χ2v) is 10.8. The van der Waals surface area contributed by atoms with Gasteiger partial charge in [0.2, 0.25) is 0 Å². The number of hydrogen-bond acceptors (Lipinski definition) is 4. The van der Waals surface area contributed by atoms with Gasteiger partial charge in [-0.25, -0.2) is 0 Å². The first-order valence-electron chi connectivity index (χ1n) is 12.6. The first kappa shape index (κ1) is 23.7. The molecule has 4 heteroatoms. The number of aliphatic hydroxyl groups is 1. The molecule has 4 rings (SSSR count). The van der Waals surface area contributed by atoms with Crippen LogP contribution in [0.15, 0.2) is 47.4 Å². The molecule has 2 atom stereocenters. The molecule has 2 heterocycles. The number of fused-ring (bicyclic) bond motifs is 1. The summed E-state index contributed by atoms with van der Waals surface area (Å²) in [6, 6.07) is 16.6. The van der Waals surface area contributed by atoms with Gasteiger partial charge in [0.05, 0.1) is 11.6 Å². The molecule has 2 aliphatic heterocycles. The van der Waals surface area contributed by atoms with Crippen molar-refractivity contribution >= 4 is 11.8 Å². The maximum Gasteiger partial charge on any atom is 0.158 e. The molecule has 1 saturated heterocycles. The third-order valence-electron chi connectivity index (χ3n) is 7.44. The first-order valence-corrected chi connectivity index (χ1v) is 13.4. The van der Waals surface area contributed by atoms with E-state index in [1.807, 2.05) is 11.8 Å². The molecule has 0 saturated carbocycles. The highest BCUT2D eigenvalue weighted by atomic mass is 32.2. The SMILES string of the molecule is CCCCc1ccc(CCC2CCC(c3ccc4c(c3)SC(CC)(CC)O4)N2CO)cc1. The van der Waals surface area contributed by atoms with Crippen molar-refractivity contribution in [3.63, 3.8) is 0 Å². The predicted octanol–water partition coefficient (Wildman–Crippen LogP) is 7.12. The van der Waals surface area contributed by atoms with Crippen LogP contribution in [-0.4, -0.2) is 27.7 Å². The Balaban J connectivity index is 1.39. The van der Waals surface area contributed by atoms with Crippen LogP contribution in [0.1, 0.15) is 88.4 Å². The number of thioether (sulfide) groups is 1. The third-order valence-corrected chi connectivity index (χ3v) is 9.01. The first-order chi connectivity index (χ1) is 15.6. The Hall–Kier alpha value is -1.49. The zero-order valence-electron chi connectivity index (χ0n) is 20.0. The van der Waals surface area contributed by atoms with Crippen LogP contribution in [0.3, 0.4) is 0 Å². The molecular weight excluding hydrogens is 414 g/mol.